The number of aryl methyl sites for hydroxylation is 1. The Balaban J connectivity index is 1.40. The van der Waals surface area contributed by atoms with Crippen LogP contribution < -0.4 is 10.2 Å². The van der Waals surface area contributed by atoms with Gasteiger partial charge < -0.3 is 14.7 Å². The fourth-order valence-corrected chi connectivity index (χ4v) is 5.15. The molecule has 0 aliphatic carbocycles. The minimum Gasteiger partial charge on any atom is -0.361 e. The van der Waals surface area contributed by atoms with Crippen molar-refractivity contribution in [2.45, 2.75) is 51.0 Å². The molecule has 1 atom stereocenters. The maximum Gasteiger partial charge on any atom is 0.325 e. The van der Waals surface area contributed by atoms with Crippen molar-refractivity contribution in [3.8, 4) is 0 Å². The number of carbonyl (C=O) groups excluding carboxylic acids is 1. The number of nitrogens with one attached hydrogen (secondary N) is 1. The van der Waals surface area contributed by atoms with Gasteiger partial charge in [0.1, 0.15) is 17.3 Å². The van der Waals surface area contributed by atoms with E-state index in [4.69, 9.17) is 9.51 Å². The van der Waals surface area contributed by atoms with Gasteiger partial charge in [0.2, 0.25) is 0 Å². The highest BCUT2D eigenvalue weighted by molar-refractivity contribution is 6.03. The summed E-state index contributed by atoms with van der Waals surface area (Å²) in [5, 5.41) is 8.97. The van der Waals surface area contributed by atoms with E-state index in [1.165, 1.54) is 6.07 Å². The first-order valence-electron chi connectivity index (χ1n) is 11.9. The van der Waals surface area contributed by atoms with Crippen LogP contribution in [0.15, 0.2) is 41.1 Å². The molecule has 34 heavy (non-hydrogen) atoms. The SMILES string of the molecule is Cc1cccc2ccnc(N(C(=O)N3CCC(c4cc(C(F)F)no4)CC3)[C@@H]3CCCNC3)c12. The van der Waals surface area contributed by atoms with Crippen molar-refractivity contribution in [1.82, 2.24) is 20.4 Å². The minimum atomic E-state index is -2.64. The summed E-state index contributed by atoms with van der Waals surface area (Å²) >= 11 is 0. The van der Waals surface area contributed by atoms with E-state index in [1.54, 1.807) is 6.20 Å². The van der Waals surface area contributed by atoms with Gasteiger partial charge in [-0.3, -0.25) is 4.90 Å². The van der Waals surface area contributed by atoms with Gasteiger partial charge in [-0.1, -0.05) is 23.4 Å². The third-order valence-electron chi connectivity index (χ3n) is 6.99. The molecule has 2 aliphatic rings. The molecule has 2 amide bonds. The maximum atomic E-state index is 13.9. The lowest BCUT2D eigenvalue weighted by Crippen LogP contribution is -2.55. The number of fused-ring (bicyclic) bond motifs is 1. The van der Waals surface area contributed by atoms with E-state index >= 15 is 0 Å². The molecule has 0 bridgehead atoms. The number of pyridine rings is 1. The second kappa shape index (κ2) is 9.66. The Hall–Kier alpha value is -3.07. The first-order valence-corrected chi connectivity index (χ1v) is 11.9. The second-order valence-corrected chi connectivity index (χ2v) is 9.18. The third kappa shape index (κ3) is 4.36. The average Bonchev–Trinajstić information content (AvgIpc) is 3.36. The summed E-state index contributed by atoms with van der Waals surface area (Å²) in [5.74, 6) is 1.15. The van der Waals surface area contributed by atoms with Crippen molar-refractivity contribution in [2.24, 2.45) is 0 Å². The standard InChI is InChI=1S/C25H29F2N5O2/c1-16-4-2-5-18-7-11-29-24(22(16)18)32(19-6-3-10-28-15-19)25(33)31-12-8-17(9-13-31)21-14-20(23(26)27)30-34-21/h2,4-5,7,11,14,17,19,23,28H,3,6,8-10,12-13,15H2,1H3/t19-/m1/s1. The van der Waals surface area contributed by atoms with Crippen LogP contribution in [0.1, 0.15) is 55.0 Å². The second-order valence-electron chi connectivity index (χ2n) is 9.18. The molecule has 2 fully saturated rings. The molecule has 2 saturated heterocycles. The van der Waals surface area contributed by atoms with Crippen LogP contribution in [-0.4, -0.2) is 53.3 Å². The molecular weight excluding hydrogens is 440 g/mol. The van der Waals surface area contributed by atoms with E-state index in [0.717, 1.165) is 42.3 Å². The van der Waals surface area contributed by atoms with Gasteiger partial charge in [0.15, 0.2) is 0 Å². The molecule has 0 saturated carbocycles. The Labute approximate surface area is 197 Å². The Morgan fingerprint density at radius 1 is 1.24 bits per heavy atom. The number of hydrogen-bond acceptors (Lipinski definition) is 5. The average molecular weight is 470 g/mol. The predicted molar refractivity (Wildman–Crippen MR) is 125 cm³/mol. The Kier molecular flexibility index (Phi) is 6.45. The first-order chi connectivity index (χ1) is 16.5. The van der Waals surface area contributed by atoms with Crippen molar-refractivity contribution in [3.63, 3.8) is 0 Å². The number of halogens is 2. The number of nitrogens with zero attached hydrogens (tertiary/aromatic N) is 4. The lowest BCUT2D eigenvalue weighted by molar-refractivity contribution is 0.139. The number of hydrogen-bond donors (Lipinski definition) is 1. The quantitative estimate of drug-likeness (QED) is 0.580. The number of alkyl halides is 2. The number of urea groups is 1. The van der Waals surface area contributed by atoms with E-state index in [9.17, 15) is 13.6 Å². The van der Waals surface area contributed by atoms with Crippen LogP contribution in [0.4, 0.5) is 19.4 Å². The fraction of sp³-hybridized carbons (Fsp3) is 0.480. The zero-order chi connectivity index (χ0) is 23.7. The minimum absolute atomic E-state index is 0.0135. The van der Waals surface area contributed by atoms with E-state index in [-0.39, 0.29) is 23.7 Å². The molecule has 7 nitrogen and oxygen atoms in total. The van der Waals surface area contributed by atoms with Gasteiger partial charge in [-0.2, -0.15) is 0 Å². The van der Waals surface area contributed by atoms with Crippen molar-refractivity contribution >= 4 is 22.6 Å². The van der Waals surface area contributed by atoms with Crippen molar-refractivity contribution in [1.29, 1.82) is 0 Å². The summed E-state index contributed by atoms with van der Waals surface area (Å²) in [6, 6.07) is 9.39. The summed E-state index contributed by atoms with van der Waals surface area (Å²) in [5.41, 5.74) is 0.753. The molecule has 1 aromatic carbocycles. The molecule has 4 heterocycles. The number of likely N-dealkylation sites (tertiary alicyclic amines) is 1. The number of amides is 2. The molecule has 5 rings (SSSR count). The summed E-state index contributed by atoms with van der Waals surface area (Å²) in [7, 11) is 0. The van der Waals surface area contributed by atoms with E-state index in [1.807, 2.05) is 41.0 Å². The smallest absolute Gasteiger partial charge is 0.325 e. The van der Waals surface area contributed by atoms with Gasteiger partial charge in [0.05, 0.1) is 6.04 Å². The normalized spacial score (nSPS) is 19.6. The summed E-state index contributed by atoms with van der Waals surface area (Å²) in [6.45, 7) is 4.76. The molecule has 2 aliphatic heterocycles. The van der Waals surface area contributed by atoms with Gasteiger partial charge in [0.25, 0.3) is 6.43 Å². The van der Waals surface area contributed by atoms with Crippen LogP contribution in [0.2, 0.25) is 0 Å². The number of aromatic nitrogens is 2. The third-order valence-corrected chi connectivity index (χ3v) is 6.99. The van der Waals surface area contributed by atoms with Gasteiger partial charge in [0, 0.05) is 43.2 Å². The maximum absolute atomic E-state index is 13.9. The molecule has 9 heteroatoms. The largest absolute Gasteiger partial charge is 0.361 e. The molecule has 0 unspecified atom stereocenters. The molecule has 2 aromatic heterocycles. The summed E-state index contributed by atoms with van der Waals surface area (Å²) in [4.78, 5) is 22.4. The molecular formula is C25H29F2N5O2. The van der Waals surface area contributed by atoms with Gasteiger partial charge in [-0.05, 0) is 56.2 Å². The first kappa shape index (κ1) is 22.7. The fourth-order valence-electron chi connectivity index (χ4n) is 5.15. The Morgan fingerprint density at radius 2 is 2.06 bits per heavy atom. The van der Waals surface area contributed by atoms with Crippen molar-refractivity contribution in [3.05, 3.63) is 53.5 Å². The molecule has 3 aromatic rings. The molecule has 180 valence electrons. The van der Waals surface area contributed by atoms with Gasteiger partial charge in [-0.15, -0.1) is 0 Å². The van der Waals surface area contributed by atoms with Gasteiger partial charge >= 0.3 is 6.03 Å². The number of anilines is 1. The summed E-state index contributed by atoms with van der Waals surface area (Å²) < 4.78 is 31.0. The zero-order valence-corrected chi connectivity index (χ0v) is 19.2. The molecule has 1 N–H and O–H groups in total. The number of carbonyl (C=O) groups is 1. The van der Waals surface area contributed by atoms with Crippen LogP contribution >= 0.6 is 0 Å². The topological polar surface area (TPSA) is 74.5 Å². The van der Waals surface area contributed by atoms with E-state index < -0.39 is 6.43 Å². The van der Waals surface area contributed by atoms with Crippen molar-refractivity contribution in [2.75, 3.05) is 31.1 Å². The van der Waals surface area contributed by atoms with Gasteiger partial charge in [-0.25, -0.2) is 18.6 Å². The number of piperidine rings is 2. The van der Waals surface area contributed by atoms with E-state index in [2.05, 4.69) is 10.5 Å². The predicted octanol–water partition coefficient (Wildman–Crippen LogP) is 5.03. The van der Waals surface area contributed by atoms with Crippen LogP contribution in [0.3, 0.4) is 0 Å². The monoisotopic (exact) mass is 469 g/mol. The highest BCUT2D eigenvalue weighted by Crippen LogP contribution is 2.34. The lowest BCUT2D eigenvalue weighted by atomic mass is 9.94. The Morgan fingerprint density at radius 3 is 2.76 bits per heavy atom. The van der Waals surface area contributed by atoms with E-state index in [0.29, 0.717) is 37.5 Å². The Bertz CT molecular complexity index is 1150. The van der Waals surface area contributed by atoms with Crippen LogP contribution in [-0.2, 0) is 0 Å². The lowest BCUT2D eigenvalue weighted by Gasteiger charge is -2.40. The van der Waals surface area contributed by atoms with Crippen LogP contribution in [0.5, 0.6) is 0 Å². The molecule has 0 radical (unpaired) electrons. The number of benzene rings is 1. The van der Waals surface area contributed by atoms with Crippen molar-refractivity contribution < 1.29 is 18.1 Å². The highest BCUT2D eigenvalue weighted by Gasteiger charge is 2.35. The molecule has 0 spiro atoms. The van der Waals surface area contributed by atoms with Crippen LogP contribution in [0, 0.1) is 6.92 Å². The zero-order valence-electron chi connectivity index (χ0n) is 19.2. The number of rotatable bonds is 4. The highest BCUT2D eigenvalue weighted by atomic mass is 19.3. The summed E-state index contributed by atoms with van der Waals surface area (Å²) in [6.07, 6.45) is 2.31. The van der Waals surface area contributed by atoms with Crippen LogP contribution in [0.25, 0.3) is 10.8 Å².